The van der Waals surface area contributed by atoms with E-state index in [0.29, 0.717) is 10.0 Å². The summed E-state index contributed by atoms with van der Waals surface area (Å²) in [5.41, 5.74) is 1.66. The molecule has 0 unspecified atom stereocenters. The van der Waals surface area contributed by atoms with Gasteiger partial charge >= 0.3 is 0 Å². The molecule has 1 N–H and O–H groups in total. The Bertz CT molecular complexity index is 956. The number of carbonyl (C=O) groups is 1. The fourth-order valence-corrected chi connectivity index (χ4v) is 3.13. The summed E-state index contributed by atoms with van der Waals surface area (Å²) in [6, 6.07) is 13.3. The van der Waals surface area contributed by atoms with Crippen molar-refractivity contribution in [1.82, 2.24) is 15.5 Å². The lowest BCUT2D eigenvalue weighted by Crippen LogP contribution is -2.22. The molecule has 1 heterocycles. The Hall–Kier alpha value is -2.77. The van der Waals surface area contributed by atoms with Crippen molar-refractivity contribution in [3.63, 3.8) is 0 Å². The van der Waals surface area contributed by atoms with Crippen LogP contribution in [0, 0.1) is 5.82 Å². The molecule has 27 heavy (non-hydrogen) atoms. The standard InChI is InChI=1S/C19H15ClFN3O2S/c1-26-15-8-4-12(5-9-15)10-16(20)18-23-24-19(27-18)17(25)22-11-13-2-6-14(21)7-3-13/h2-10H,11H2,1H3,(H,22,25). The van der Waals surface area contributed by atoms with Crippen LogP contribution >= 0.6 is 22.9 Å². The largest absolute Gasteiger partial charge is 0.497 e. The lowest BCUT2D eigenvalue weighted by atomic mass is 10.2. The summed E-state index contributed by atoms with van der Waals surface area (Å²) in [6.45, 7) is 0.267. The van der Waals surface area contributed by atoms with Gasteiger partial charge in [0.05, 0.1) is 12.1 Å². The molecule has 8 heteroatoms. The van der Waals surface area contributed by atoms with Gasteiger partial charge in [-0.1, -0.05) is 47.2 Å². The highest BCUT2D eigenvalue weighted by Crippen LogP contribution is 2.26. The first-order chi connectivity index (χ1) is 13.0. The van der Waals surface area contributed by atoms with Crippen LogP contribution < -0.4 is 10.1 Å². The van der Waals surface area contributed by atoms with Crippen LogP contribution in [0.15, 0.2) is 48.5 Å². The predicted molar refractivity (Wildman–Crippen MR) is 104 cm³/mol. The summed E-state index contributed by atoms with van der Waals surface area (Å²) in [7, 11) is 1.60. The molecule has 138 valence electrons. The van der Waals surface area contributed by atoms with E-state index in [2.05, 4.69) is 15.5 Å². The number of hydrogen-bond acceptors (Lipinski definition) is 5. The average Bonchev–Trinajstić information content (AvgIpc) is 3.18. The first kappa shape index (κ1) is 19.0. The van der Waals surface area contributed by atoms with E-state index in [-0.39, 0.29) is 23.3 Å². The molecule has 3 rings (SSSR count). The van der Waals surface area contributed by atoms with E-state index in [0.717, 1.165) is 28.2 Å². The van der Waals surface area contributed by atoms with Gasteiger partial charge in [0.1, 0.15) is 11.6 Å². The van der Waals surface area contributed by atoms with E-state index < -0.39 is 0 Å². The second-order valence-electron chi connectivity index (χ2n) is 5.49. The number of amides is 1. The van der Waals surface area contributed by atoms with E-state index in [9.17, 15) is 9.18 Å². The number of halogens is 2. The van der Waals surface area contributed by atoms with Gasteiger partial charge in [0.25, 0.3) is 5.91 Å². The molecule has 0 bridgehead atoms. The maximum absolute atomic E-state index is 12.9. The van der Waals surface area contributed by atoms with Gasteiger partial charge in [-0.2, -0.15) is 0 Å². The van der Waals surface area contributed by atoms with Crippen molar-refractivity contribution < 1.29 is 13.9 Å². The van der Waals surface area contributed by atoms with Crippen molar-refractivity contribution in [2.75, 3.05) is 7.11 Å². The maximum atomic E-state index is 12.9. The van der Waals surface area contributed by atoms with Gasteiger partial charge in [-0.15, -0.1) is 10.2 Å². The molecule has 2 aromatic carbocycles. The molecule has 0 saturated heterocycles. The first-order valence-corrected chi connectivity index (χ1v) is 9.12. The monoisotopic (exact) mass is 403 g/mol. The van der Waals surface area contributed by atoms with Crippen molar-refractivity contribution in [1.29, 1.82) is 0 Å². The lowest BCUT2D eigenvalue weighted by Gasteiger charge is -2.02. The quantitative estimate of drug-likeness (QED) is 0.664. The number of methoxy groups -OCH3 is 1. The van der Waals surface area contributed by atoms with Crippen LogP contribution in [0.3, 0.4) is 0 Å². The Morgan fingerprint density at radius 1 is 1.15 bits per heavy atom. The predicted octanol–water partition coefficient (Wildman–Crippen LogP) is 4.35. The van der Waals surface area contributed by atoms with Crippen LogP contribution in [0.25, 0.3) is 11.1 Å². The van der Waals surface area contributed by atoms with Gasteiger partial charge in [0.15, 0.2) is 5.01 Å². The minimum atomic E-state index is -0.364. The second-order valence-corrected chi connectivity index (χ2v) is 6.87. The zero-order chi connectivity index (χ0) is 19.2. The van der Waals surface area contributed by atoms with Crippen molar-refractivity contribution in [3.05, 3.63) is 75.5 Å². The number of benzene rings is 2. The number of carbonyl (C=O) groups excluding carboxylic acids is 1. The van der Waals surface area contributed by atoms with Gasteiger partial charge < -0.3 is 10.1 Å². The molecule has 0 saturated carbocycles. The molecule has 5 nitrogen and oxygen atoms in total. The van der Waals surface area contributed by atoms with E-state index in [1.165, 1.54) is 12.1 Å². The second kappa shape index (κ2) is 8.75. The molecule has 0 atom stereocenters. The number of rotatable bonds is 6. The summed E-state index contributed by atoms with van der Waals surface area (Å²) >= 11 is 7.39. The topological polar surface area (TPSA) is 64.1 Å². The molecule has 1 amide bonds. The smallest absolute Gasteiger partial charge is 0.282 e. The number of aromatic nitrogens is 2. The number of nitrogens with zero attached hydrogens (tertiary/aromatic N) is 2. The number of ether oxygens (including phenoxy) is 1. The molecule has 1 aromatic heterocycles. The molecule has 0 aliphatic carbocycles. The number of nitrogens with one attached hydrogen (secondary N) is 1. The molecule has 0 spiro atoms. The highest BCUT2D eigenvalue weighted by atomic mass is 35.5. The zero-order valence-electron chi connectivity index (χ0n) is 14.3. The van der Waals surface area contributed by atoms with E-state index in [4.69, 9.17) is 16.3 Å². The SMILES string of the molecule is COc1ccc(C=C(Cl)c2nnc(C(=O)NCc3ccc(F)cc3)s2)cc1. The van der Waals surface area contributed by atoms with Crippen LogP contribution in [0.2, 0.25) is 0 Å². The lowest BCUT2D eigenvalue weighted by molar-refractivity contribution is 0.0950. The first-order valence-electron chi connectivity index (χ1n) is 7.93. The Labute approximate surface area is 164 Å². The molecular weight excluding hydrogens is 389 g/mol. The van der Waals surface area contributed by atoms with Crippen LogP contribution in [0.1, 0.15) is 25.9 Å². The van der Waals surface area contributed by atoms with E-state index in [1.54, 1.807) is 25.3 Å². The summed E-state index contributed by atoms with van der Waals surface area (Å²) in [6.07, 6.45) is 1.74. The van der Waals surface area contributed by atoms with Crippen LogP contribution in [-0.4, -0.2) is 23.2 Å². The molecule has 0 aliphatic rings. The zero-order valence-corrected chi connectivity index (χ0v) is 15.9. The van der Waals surface area contributed by atoms with Crippen molar-refractivity contribution >= 4 is 40.0 Å². The van der Waals surface area contributed by atoms with Crippen molar-refractivity contribution in [3.8, 4) is 5.75 Å². The average molecular weight is 404 g/mol. The fourth-order valence-electron chi connectivity index (χ4n) is 2.18. The molecule has 3 aromatic rings. The minimum Gasteiger partial charge on any atom is -0.497 e. The molecular formula is C19H15ClFN3O2S. The van der Waals surface area contributed by atoms with Crippen molar-refractivity contribution in [2.45, 2.75) is 6.54 Å². The van der Waals surface area contributed by atoms with Crippen LogP contribution in [0.4, 0.5) is 4.39 Å². The summed E-state index contributed by atoms with van der Waals surface area (Å²) < 4.78 is 18.0. The highest BCUT2D eigenvalue weighted by molar-refractivity contribution is 7.15. The Morgan fingerprint density at radius 3 is 2.48 bits per heavy atom. The van der Waals surface area contributed by atoms with E-state index >= 15 is 0 Å². The summed E-state index contributed by atoms with van der Waals surface area (Å²) in [5.74, 6) is 0.0634. The van der Waals surface area contributed by atoms with Crippen LogP contribution in [-0.2, 0) is 6.54 Å². The van der Waals surface area contributed by atoms with Crippen LogP contribution in [0.5, 0.6) is 5.75 Å². The van der Waals surface area contributed by atoms with Gasteiger partial charge in [0.2, 0.25) is 5.01 Å². The Kier molecular flexibility index (Phi) is 6.16. The molecule has 0 radical (unpaired) electrons. The normalized spacial score (nSPS) is 11.3. The molecule has 0 aliphatic heterocycles. The van der Waals surface area contributed by atoms with E-state index in [1.807, 2.05) is 24.3 Å². The summed E-state index contributed by atoms with van der Waals surface area (Å²) in [5, 5.41) is 11.6. The Balaban J connectivity index is 1.64. The summed E-state index contributed by atoms with van der Waals surface area (Å²) in [4.78, 5) is 12.2. The maximum Gasteiger partial charge on any atom is 0.282 e. The van der Waals surface area contributed by atoms with Gasteiger partial charge in [-0.3, -0.25) is 4.79 Å². The van der Waals surface area contributed by atoms with Gasteiger partial charge in [0, 0.05) is 6.54 Å². The third-order valence-corrected chi connectivity index (χ3v) is 4.95. The van der Waals surface area contributed by atoms with Gasteiger partial charge in [-0.05, 0) is 41.5 Å². The van der Waals surface area contributed by atoms with Crippen molar-refractivity contribution in [2.24, 2.45) is 0 Å². The third kappa shape index (κ3) is 5.12. The third-order valence-electron chi connectivity index (χ3n) is 3.60. The number of hydrogen-bond donors (Lipinski definition) is 1. The minimum absolute atomic E-state index is 0.202. The Morgan fingerprint density at radius 2 is 1.81 bits per heavy atom. The molecule has 0 fully saturated rings. The van der Waals surface area contributed by atoms with Gasteiger partial charge in [-0.25, -0.2) is 4.39 Å². The fraction of sp³-hybridized carbons (Fsp3) is 0.105. The highest BCUT2D eigenvalue weighted by Gasteiger charge is 2.14.